The van der Waals surface area contributed by atoms with Gasteiger partial charge in [0.15, 0.2) is 0 Å². The molecule has 0 atom stereocenters. The van der Waals surface area contributed by atoms with Gasteiger partial charge in [0.25, 0.3) is 0 Å². The second-order valence-electron chi connectivity index (χ2n) is 3.67. The predicted molar refractivity (Wildman–Crippen MR) is 49.9 cm³/mol. The van der Waals surface area contributed by atoms with E-state index in [-0.39, 0.29) is 5.75 Å². The van der Waals surface area contributed by atoms with Crippen LogP contribution in [0.3, 0.4) is 0 Å². The SMILES string of the molecule is CS(=O)(=O)CCN1CCC([O])CC1. The Morgan fingerprint density at radius 3 is 2.31 bits per heavy atom. The van der Waals surface area contributed by atoms with Crippen molar-refractivity contribution in [3.63, 3.8) is 0 Å². The first-order valence-electron chi connectivity index (χ1n) is 4.53. The van der Waals surface area contributed by atoms with Crippen LogP contribution < -0.4 is 0 Å². The molecule has 1 aliphatic heterocycles. The molecular weight excluding hydrogens is 190 g/mol. The van der Waals surface area contributed by atoms with Gasteiger partial charge in [0, 0.05) is 25.9 Å². The highest BCUT2D eigenvalue weighted by atomic mass is 32.2. The molecule has 0 bridgehead atoms. The van der Waals surface area contributed by atoms with Gasteiger partial charge >= 0.3 is 0 Å². The molecule has 1 aliphatic rings. The Bertz CT molecular complexity index is 242. The van der Waals surface area contributed by atoms with Crippen LogP contribution in [0.25, 0.3) is 0 Å². The Morgan fingerprint density at radius 2 is 1.85 bits per heavy atom. The summed E-state index contributed by atoms with van der Waals surface area (Å²) < 4.78 is 21.7. The third-order valence-corrected chi connectivity index (χ3v) is 3.24. The van der Waals surface area contributed by atoms with E-state index in [9.17, 15) is 13.5 Å². The molecule has 0 N–H and O–H groups in total. The summed E-state index contributed by atoms with van der Waals surface area (Å²) in [5.74, 6) is 0.205. The Balaban J connectivity index is 2.24. The molecule has 1 heterocycles. The van der Waals surface area contributed by atoms with E-state index in [1.165, 1.54) is 6.26 Å². The summed E-state index contributed by atoms with van der Waals surface area (Å²) in [6.45, 7) is 2.08. The van der Waals surface area contributed by atoms with E-state index in [4.69, 9.17) is 0 Å². The van der Waals surface area contributed by atoms with Crippen molar-refractivity contribution in [1.82, 2.24) is 4.90 Å². The van der Waals surface area contributed by atoms with Crippen molar-refractivity contribution in [2.45, 2.75) is 18.9 Å². The summed E-state index contributed by atoms with van der Waals surface area (Å²) in [5, 5.41) is 10.9. The van der Waals surface area contributed by atoms with Gasteiger partial charge in [-0.05, 0) is 12.8 Å². The monoisotopic (exact) mass is 206 g/mol. The van der Waals surface area contributed by atoms with Crippen molar-refractivity contribution in [1.29, 1.82) is 0 Å². The highest BCUT2D eigenvalue weighted by Gasteiger charge is 2.18. The lowest BCUT2D eigenvalue weighted by atomic mass is 10.1. The Labute approximate surface area is 79.5 Å². The van der Waals surface area contributed by atoms with E-state index < -0.39 is 15.9 Å². The van der Waals surface area contributed by atoms with Crippen molar-refractivity contribution in [3.05, 3.63) is 0 Å². The van der Waals surface area contributed by atoms with Crippen LogP contribution in [0.2, 0.25) is 0 Å². The van der Waals surface area contributed by atoms with Gasteiger partial charge in [-0.1, -0.05) is 0 Å². The van der Waals surface area contributed by atoms with Crippen LogP contribution in [0.15, 0.2) is 0 Å². The molecule has 0 spiro atoms. The first-order valence-corrected chi connectivity index (χ1v) is 6.59. The number of piperidine rings is 1. The van der Waals surface area contributed by atoms with E-state index in [0.29, 0.717) is 19.4 Å². The summed E-state index contributed by atoms with van der Waals surface area (Å²) in [4.78, 5) is 2.05. The molecule has 1 rings (SSSR count). The van der Waals surface area contributed by atoms with Gasteiger partial charge in [-0.2, -0.15) is 0 Å². The minimum absolute atomic E-state index is 0.205. The zero-order valence-electron chi connectivity index (χ0n) is 7.90. The molecule has 0 saturated carbocycles. The Morgan fingerprint density at radius 1 is 1.31 bits per heavy atom. The number of nitrogens with zero attached hydrogens (tertiary/aromatic N) is 1. The van der Waals surface area contributed by atoms with Gasteiger partial charge in [-0.3, -0.25) is 0 Å². The molecule has 13 heavy (non-hydrogen) atoms. The number of hydrogen-bond donors (Lipinski definition) is 0. The predicted octanol–water partition coefficient (Wildman–Crippen LogP) is -0.0741. The smallest absolute Gasteiger partial charge is 0.148 e. The Hall–Kier alpha value is -0.130. The molecule has 0 unspecified atom stereocenters. The summed E-state index contributed by atoms with van der Waals surface area (Å²) in [6.07, 6.45) is 2.12. The van der Waals surface area contributed by atoms with Crippen LogP contribution >= 0.6 is 0 Å². The van der Waals surface area contributed by atoms with Gasteiger partial charge in [-0.15, -0.1) is 0 Å². The standard InChI is InChI=1S/C8H16NO3S/c1-13(11,12)7-6-9-4-2-8(10)3-5-9/h8H,2-7H2,1H3. The maximum absolute atomic E-state index is 10.9. The van der Waals surface area contributed by atoms with Gasteiger partial charge in [0.05, 0.1) is 11.9 Å². The molecule has 0 aromatic carbocycles. The fraction of sp³-hybridized carbons (Fsp3) is 1.00. The molecule has 0 aliphatic carbocycles. The Kier molecular flexibility index (Phi) is 3.70. The van der Waals surface area contributed by atoms with Gasteiger partial charge < -0.3 is 4.90 Å². The first-order chi connectivity index (χ1) is 5.97. The summed E-state index contributed by atoms with van der Waals surface area (Å²) >= 11 is 0. The molecule has 5 heteroatoms. The van der Waals surface area contributed by atoms with Gasteiger partial charge in [0.2, 0.25) is 0 Å². The van der Waals surface area contributed by atoms with E-state index in [2.05, 4.69) is 4.90 Å². The summed E-state index contributed by atoms with van der Waals surface area (Å²) in [6, 6.07) is 0. The van der Waals surface area contributed by atoms with Crippen LogP contribution in [0.4, 0.5) is 0 Å². The van der Waals surface area contributed by atoms with Crippen LogP contribution in [-0.4, -0.2) is 51.1 Å². The average molecular weight is 206 g/mol. The molecule has 77 valence electrons. The molecule has 0 aromatic heterocycles. The van der Waals surface area contributed by atoms with Gasteiger partial charge in [0.1, 0.15) is 9.84 Å². The molecular formula is C8H16NO3S. The van der Waals surface area contributed by atoms with Crippen molar-refractivity contribution in [2.24, 2.45) is 0 Å². The minimum Gasteiger partial charge on any atom is -0.302 e. The van der Waals surface area contributed by atoms with Crippen LogP contribution in [0.1, 0.15) is 12.8 Å². The number of likely N-dealkylation sites (tertiary alicyclic amines) is 1. The van der Waals surface area contributed by atoms with Crippen LogP contribution in [0.5, 0.6) is 0 Å². The molecule has 1 saturated heterocycles. The zero-order chi connectivity index (χ0) is 9.90. The van der Waals surface area contributed by atoms with E-state index in [1.54, 1.807) is 0 Å². The molecule has 0 amide bonds. The molecule has 1 fully saturated rings. The largest absolute Gasteiger partial charge is 0.302 e. The van der Waals surface area contributed by atoms with Crippen molar-refractivity contribution < 1.29 is 13.5 Å². The highest BCUT2D eigenvalue weighted by molar-refractivity contribution is 7.90. The number of rotatable bonds is 3. The van der Waals surface area contributed by atoms with E-state index in [1.807, 2.05) is 0 Å². The fourth-order valence-corrected chi connectivity index (χ4v) is 2.02. The quantitative estimate of drug-likeness (QED) is 0.649. The third-order valence-electron chi connectivity index (χ3n) is 2.31. The minimum atomic E-state index is -2.86. The zero-order valence-corrected chi connectivity index (χ0v) is 8.72. The second kappa shape index (κ2) is 4.39. The lowest BCUT2D eigenvalue weighted by molar-refractivity contribution is 0.0295. The normalized spacial score (nSPS) is 22.0. The second-order valence-corrected chi connectivity index (χ2v) is 5.93. The molecule has 4 nitrogen and oxygen atoms in total. The number of hydrogen-bond acceptors (Lipinski definition) is 3. The summed E-state index contributed by atoms with van der Waals surface area (Å²) in [7, 11) is -2.86. The topological polar surface area (TPSA) is 57.3 Å². The summed E-state index contributed by atoms with van der Waals surface area (Å²) in [5.41, 5.74) is 0. The van der Waals surface area contributed by atoms with Crippen molar-refractivity contribution in [3.8, 4) is 0 Å². The van der Waals surface area contributed by atoms with Crippen molar-refractivity contribution >= 4 is 9.84 Å². The maximum atomic E-state index is 10.9. The van der Waals surface area contributed by atoms with Crippen LogP contribution in [0, 0.1) is 0 Å². The van der Waals surface area contributed by atoms with Gasteiger partial charge in [-0.25, -0.2) is 13.5 Å². The first kappa shape index (κ1) is 10.9. The lowest BCUT2D eigenvalue weighted by Gasteiger charge is -2.28. The van der Waals surface area contributed by atoms with Crippen molar-refractivity contribution in [2.75, 3.05) is 31.6 Å². The average Bonchev–Trinajstić information content (AvgIpc) is 2.02. The molecule has 1 radical (unpaired) electrons. The van der Waals surface area contributed by atoms with Crippen LogP contribution in [-0.2, 0) is 14.9 Å². The lowest BCUT2D eigenvalue weighted by Crippen LogP contribution is -2.38. The molecule has 0 aromatic rings. The maximum Gasteiger partial charge on any atom is 0.148 e. The van der Waals surface area contributed by atoms with E-state index >= 15 is 0 Å². The highest BCUT2D eigenvalue weighted by Crippen LogP contribution is 2.09. The number of sulfone groups is 1. The fourth-order valence-electron chi connectivity index (χ4n) is 1.43. The van der Waals surface area contributed by atoms with E-state index in [0.717, 1.165) is 13.1 Å². The third kappa shape index (κ3) is 4.59.